The second kappa shape index (κ2) is 8.05. The summed E-state index contributed by atoms with van der Waals surface area (Å²) < 4.78 is 26.4. The second-order valence-corrected chi connectivity index (χ2v) is 9.18. The first-order chi connectivity index (χ1) is 12.0. The van der Waals surface area contributed by atoms with Crippen molar-refractivity contribution in [3.63, 3.8) is 0 Å². The lowest BCUT2D eigenvalue weighted by atomic mass is 10.1. The Morgan fingerprint density at radius 1 is 1.20 bits per heavy atom. The first kappa shape index (κ1) is 18.7. The van der Waals surface area contributed by atoms with Crippen LogP contribution in [0.25, 0.3) is 0 Å². The summed E-state index contributed by atoms with van der Waals surface area (Å²) in [4.78, 5) is 4.43. The number of aromatic nitrogens is 1. The Labute approximate surface area is 157 Å². The monoisotopic (exact) mass is 398 g/mol. The third-order valence-electron chi connectivity index (χ3n) is 4.07. The van der Waals surface area contributed by atoms with Gasteiger partial charge in [-0.1, -0.05) is 29.8 Å². The van der Waals surface area contributed by atoms with E-state index in [0.717, 1.165) is 12.8 Å². The lowest BCUT2D eigenvalue weighted by Crippen LogP contribution is -2.27. The molecule has 1 aromatic carbocycles. The average Bonchev–Trinajstić information content (AvgIpc) is 3.16. The molecule has 0 bridgehead atoms. The van der Waals surface area contributed by atoms with Crippen LogP contribution in [0, 0.1) is 0 Å². The molecule has 1 aliphatic heterocycles. The minimum atomic E-state index is -3.44. The zero-order chi connectivity index (χ0) is 17.9. The fourth-order valence-electron chi connectivity index (χ4n) is 2.68. The number of sulfonamides is 1. The lowest BCUT2D eigenvalue weighted by Gasteiger charge is -2.15. The first-order valence-corrected chi connectivity index (χ1v) is 10.8. The number of hydrogen-bond donors (Lipinski definition) is 1. The number of aliphatic hydroxyl groups is 1. The van der Waals surface area contributed by atoms with Crippen LogP contribution < -0.4 is 0 Å². The van der Waals surface area contributed by atoms with E-state index >= 15 is 0 Å². The van der Waals surface area contributed by atoms with Crippen LogP contribution in [0.15, 0.2) is 52.5 Å². The molecule has 1 N–H and O–H groups in total. The summed E-state index contributed by atoms with van der Waals surface area (Å²) >= 11 is 7.43. The Bertz CT molecular complexity index is 822. The van der Waals surface area contributed by atoms with Crippen molar-refractivity contribution in [3.05, 3.63) is 53.2 Å². The van der Waals surface area contributed by atoms with Gasteiger partial charge in [0.1, 0.15) is 4.90 Å². The van der Waals surface area contributed by atoms with Crippen molar-refractivity contribution >= 4 is 33.4 Å². The predicted octanol–water partition coefficient (Wildman–Crippen LogP) is 3.35. The molecule has 1 fully saturated rings. The van der Waals surface area contributed by atoms with E-state index in [1.807, 2.05) is 12.1 Å². The Kier molecular flexibility index (Phi) is 6.01. The Hall–Kier alpha value is -1.12. The molecule has 3 rings (SSSR count). The van der Waals surface area contributed by atoms with E-state index in [-0.39, 0.29) is 4.90 Å². The van der Waals surface area contributed by atoms with Crippen LogP contribution in [-0.4, -0.2) is 41.7 Å². The quantitative estimate of drug-likeness (QED) is 0.755. The zero-order valence-electron chi connectivity index (χ0n) is 13.5. The van der Waals surface area contributed by atoms with Gasteiger partial charge in [-0.15, -0.1) is 11.8 Å². The van der Waals surface area contributed by atoms with Gasteiger partial charge in [-0.3, -0.25) is 0 Å². The lowest BCUT2D eigenvalue weighted by molar-refractivity contribution is 0.204. The van der Waals surface area contributed by atoms with E-state index in [9.17, 15) is 13.5 Å². The maximum absolute atomic E-state index is 12.5. The molecule has 2 heterocycles. The molecular weight excluding hydrogens is 380 g/mol. The second-order valence-electron chi connectivity index (χ2n) is 5.79. The molecule has 0 spiro atoms. The smallest absolute Gasteiger partial charge is 0.244 e. The topological polar surface area (TPSA) is 70.5 Å². The molecule has 1 saturated heterocycles. The van der Waals surface area contributed by atoms with Crippen LogP contribution in [0.5, 0.6) is 0 Å². The molecular formula is C17H19ClN2O3S2. The number of pyridine rings is 1. The highest BCUT2D eigenvalue weighted by atomic mass is 35.5. The normalized spacial score (nSPS) is 16.9. The van der Waals surface area contributed by atoms with Crippen molar-refractivity contribution in [1.82, 2.24) is 9.29 Å². The third kappa shape index (κ3) is 4.35. The van der Waals surface area contributed by atoms with Crippen LogP contribution in [0.3, 0.4) is 0 Å². The maximum Gasteiger partial charge on any atom is 0.244 e. The molecule has 134 valence electrons. The summed E-state index contributed by atoms with van der Waals surface area (Å²) in [5, 5.41) is 11.4. The van der Waals surface area contributed by atoms with Crippen LogP contribution in [-0.2, 0) is 10.0 Å². The fourth-order valence-corrected chi connectivity index (χ4v) is 5.21. The Morgan fingerprint density at radius 3 is 2.56 bits per heavy atom. The van der Waals surface area contributed by atoms with Gasteiger partial charge in [-0.2, -0.15) is 4.31 Å². The van der Waals surface area contributed by atoms with Crippen molar-refractivity contribution in [1.29, 1.82) is 0 Å². The van der Waals surface area contributed by atoms with Gasteiger partial charge < -0.3 is 5.11 Å². The molecule has 1 aromatic heterocycles. The number of thioether (sulfide) groups is 1. The van der Waals surface area contributed by atoms with E-state index in [1.165, 1.54) is 22.3 Å². The van der Waals surface area contributed by atoms with Gasteiger partial charge in [-0.25, -0.2) is 13.4 Å². The number of nitrogens with zero attached hydrogens (tertiary/aromatic N) is 2. The van der Waals surface area contributed by atoms with Gasteiger partial charge in [0.15, 0.2) is 0 Å². The summed E-state index contributed by atoms with van der Waals surface area (Å²) in [7, 11) is -3.44. The molecule has 2 aromatic rings. The van der Waals surface area contributed by atoms with Gasteiger partial charge in [0.2, 0.25) is 10.0 Å². The van der Waals surface area contributed by atoms with Crippen molar-refractivity contribution in [2.24, 2.45) is 0 Å². The standard InChI is InChI=1S/C17H19ClN2O3S2/c18-15-6-2-1-5-14(15)16(21)12-24-17-8-7-13(11-19-17)25(22,23)20-9-3-4-10-20/h1-2,5-8,11,16,21H,3-4,9-10,12H2/t16-/m1/s1. The molecule has 1 aliphatic rings. The van der Waals surface area contributed by atoms with Gasteiger partial charge in [0, 0.05) is 30.1 Å². The number of halogens is 1. The molecule has 5 nitrogen and oxygen atoms in total. The largest absolute Gasteiger partial charge is 0.387 e. The van der Waals surface area contributed by atoms with Crippen molar-refractivity contribution in [3.8, 4) is 0 Å². The first-order valence-electron chi connectivity index (χ1n) is 8.00. The molecule has 0 unspecified atom stereocenters. The van der Waals surface area contributed by atoms with Crippen molar-refractivity contribution in [2.75, 3.05) is 18.8 Å². The number of aliphatic hydroxyl groups excluding tert-OH is 1. The SMILES string of the molecule is O=S(=O)(c1ccc(SC[C@@H](O)c2ccccc2Cl)nc1)N1CCCC1. The number of benzene rings is 1. The van der Waals surface area contributed by atoms with Crippen LogP contribution in [0.2, 0.25) is 5.02 Å². The van der Waals surface area contributed by atoms with E-state index in [4.69, 9.17) is 11.6 Å². The van der Waals surface area contributed by atoms with Crippen LogP contribution >= 0.6 is 23.4 Å². The summed E-state index contributed by atoms with van der Waals surface area (Å²) in [5.74, 6) is 0.384. The highest BCUT2D eigenvalue weighted by Crippen LogP contribution is 2.28. The van der Waals surface area contributed by atoms with Gasteiger partial charge in [-0.05, 0) is 36.6 Å². The van der Waals surface area contributed by atoms with E-state index in [1.54, 1.807) is 24.3 Å². The molecule has 0 amide bonds. The summed E-state index contributed by atoms with van der Waals surface area (Å²) in [6.07, 6.45) is 2.48. The summed E-state index contributed by atoms with van der Waals surface area (Å²) in [6, 6.07) is 10.4. The van der Waals surface area contributed by atoms with E-state index < -0.39 is 16.1 Å². The Balaban J connectivity index is 1.64. The maximum atomic E-state index is 12.5. The third-order valence-corrected chi connectivity index (χ3v) is 7.31. The molecule has 0 aliphatic carbocycles. The minimum absolute atomic E-state index is 0.213. The van der Waals surface area contributed by atoms with E-state index in [2.05, 4.69) is 4.98 Å². The molecule has 0 saturated carbocycles. The number of rotatable bonds is 6. The minimum Gasteiger partial charge on any atom is -0.387 e. The Morgan fingerprint density at radius 2 is 1.92 bits per heavy atom. The highest BCUT2D eigenvalue weighted by molar-refractivity contribution is 7.99. The zero-order valence-corrected chi connectivity index (χ0v) is 15.9. The van der Waals surface area contributed by atoms with Crippen LogP contribution in [0.4, 0.5) is 0 Å². The van der Waals surface area contributed by atoms with Gasteiger partial charge in [0.25, 0.3) is 0 Å². The van der Waals surface area contributed by atoms with Gasteiger partial charge in [0.05, 0.1) is 11.1 Å². The predicted molar refractivity (Wildman–Crippen MR) is 99.4 cm³/mol. The average molecular weight is 399 g/mol. The van der Waals surface area contributed by atoms with Crippen LogP contribution in [0.1, 0.15) is 24.5 Å². The van der Waals surface area contributed by atoms with Crippen molar-refractivity contribution < 1.29 is 13.5 Å². The highest BCUT2D eigenvalue weighted by Gasteiger charge is 2.27. The molecule has 8 heteroatoms. The van der Waals surface area contributed by atoms with E-state index in [0.29, 0.717) is 34.5 Å². The summed E-state index contributed by atoms with van der Waals surface area (Å²) in [5.41, 5.74) is 0.671. The molecule has 25 heavy (non-hydrogen) atoms. The van der Waals surface area contributed by atoms with Crippen molar-refractivity contribution in [2.45, 2.75) is 28.9 Å². The molecule has 1 atom stereocenters. The fraction of sp³-hybridized carbons (Fsp3) is 0.353. The van der Waals surface area contributed by atoms with Gasteiger partial charge >= 0.3 is 0 Å². The number of hydrogen-bond acceptors (Lipinski definition) is 5. The molecule has 0 radical (unpaired) electrons. The summed E-state index contributed by atoms with van der Waals surface area (Å²) in [6.45, 7) is 1.14.